The standard InChI is InChI=1S/C17H16N2O3/c1-11(12-6-3-2-4-7-12)19-15-14(16(20)17(15)21)18-10-13-8-5-9-22-13/h2-9,11,18-19H,10H2,1H3. The SMILES string of the molecule is CC(Nc1c(NCc2ccco2)c(=O)c1=O)c1ccccc1. The van der Waals surface area contributed by atoms with Gasteiger partial charge >= 0.3 is 0 Å². The molecule has 0 spiro atoms. The Labute approximate surface area is 127 Å². The first-order chi connectivity index (χ1) is 10.7. The smallest absolute Gasteiger partial charge is 0.253 e. The van der Waals surface area contributed by atoms with Crippen LogP contribution in [0.5, 0.6) is 0 Å². The molecule has 22 heavy (non-hydrogen) atoms. The van der Waals surface area contributed by atoms with E-state index in [1.807, 2.05) is 37.3 Å². The van der Waals surface area contributed by atoms with Crippen LogP contribution in [0.25, 0.3) is 0 Å². The van der Waals surface area contributed by atoms with Gasteiger partial charge in [-0.3, -0.25) is 9.59 Å². The highest BCUT2D eigenvalue weighted by molar-refractivity contribution is 5.74. The summed E-state index contributed by atoms with van der Waals surface area (Å²) in [6.45, 7) is 2.31. The number of anilines is 2. The molecule has 0 aliphatic carbocycles. The monoisotopic (exact) mass is 296 g/mol. The van der Waals surface area contributed by atoms with Crippen molar-refractivity contribution in [3.8, 4) is 0 Å². The Bertz CT molecular complexity index is 816. The summed E-state index contributed by atoms with van der Waals surface area (Å²) >= 11 is 0. The third-order valence-electron chi connectivity index (χ3n) is 3.59. The largest absolute Gasteiger partial charge is 0.467 e. The molecule has 0 aliphatic heterocycles. The average molecular weight is 296 g/mol. The van der Waals surface area contributed by atoms with Gasteiger partial charge in [0.25, 0.3) is 10.9 Å². The highest BCUT2D eigenvalue weighted by Crippen LogP contribution is 2.22. The lowest BCUT2D eigenvalue weighted by Gasteiger charge is -2.19. The Morgan fingerprint density at radius 3 is 2.41 bits per heavy atom. The number of rotatable bonds is 6. The van der Waals surface area contributed by atoms with Crippen molar-refractivity contribution in [3.63, 3.8) is 0 Å². The lowest BCUT2D eigenvalue weighted by molar-refractivity contribution is 0.518. The van der Waals surface area contributed by atoms with E-state index in [9.17, 15) is 9.59 Å². The van der Waals surface area contributed by atoms with Crippen molar-refractivity contribution in [3.05, 3.63) is 80.5 Å². The van der Waals surface area contributed by atoms with Crippen molar-refractivity contribution in [1.82, 2.24) is 0 Å². The third kappa shape index (κ3) is 2.65. The number of furan rings is 1. The normalized spacial score (nSPS) is 12.2. The Morgan fingerprint density at radius 2 is 1.73 bits per heavy atom. The second-order valence-corrected chi connectivity index (χ2v) is 5.12. The van der Waals surface area contributed by atoms with Crippen molar-refractivity contribution < 1.29 is 4.42 Å². The molecule has 0 radical (unpaired) electrons. The first-order valence-electron chi connectivity index (χ1n) is 7.08. The first kappa shape index (κ1) is 14.1. The molecule has 3 rings (SSSR count). The predicted octanol–water partition coefficient (Wildman–Crippen LogP) is 2.66. The summed E-state index contributed by atoms with van der Waals surface area (Å²) in [4.78, 5) is 23.5. The second kappa shape index (κ2) is 5.89. The second-order valence-electron chi connectivity index (χ2n) is 5.12. The van der Waals surface area contributed by atoms with Crippen LogP contribution in [0.15, 0.2) is 62.7 Å². The van der Waals surface area contributed by atoms with Gasteiger partial charge in [-0.1, -0.05) is 30.3 Å². The van der Waals surface area contributed by atoms with Gasteiger partial charge in [0, 0.05) is 6.04 Å². The minimum Gasteiger partial charge on any atom is -0.467 e. The van der Waals surface area contributed by atoms with Crippen LogP contribution < -0.4 is 21.5 Å². The van der Waals surface area contributed by atoms with Crippen molar-refractivity contribution in [1.29, 1.82) is 0 Å². The highest BCUT2D eigenvalue weighted by Gasteiger charge is 2.22. The quantitative estimate of drug-likeness (QED) is 0.684. The van der Waals surface area contributed by atoms with E-state index in [1.54, 1.807) is 18.4 Å². The molecular formula is C17H16N2O3. The molecule has 2 N–H and O–H groups in total. The van der Waals surface area contributed by atoms with Gasteiger partial charge in [0.15, 0.2) is 0 Å². The predicted molar refractivity (Wildman–Crippen MR) is 85.9 cm³/mol. The molecule has 112 valence electrons. The molecule has 0 bridgehead atoms. The maximum atomic E-state index is 11.8. The molecule has 0 aliphatic rings. The molecule has 1 heterocycles. The van der Waals surface area contributed by atoms with Crippen molar-refractivity contribution in [2.45, 2.75) is 19.5 Å². The van der Waals surface area contributed by atoms with E-state index < -0.39 is 10.9 Å². The van der Waals surface area contributed by atoms with E-state index in [-0.39, 0.29) is 6.04 Å². The van der Waals surface area contributed by atoms with Gasteiger partial charge in [0.1, 0.15) is 17.1 Å². The van der Waals surface area contributed by atoms with Gasteiger partial charge in [0.2, 0.25) is 0 Å². The van der Waals surface area contributed by atoms with E-state index in [1.165, 1.54) is 0 Å². The maximum Gasteiger partial charge on any atom is 0.253 e. The van der Waals surface area contributed by atoms with E-state index in [0.29, 0.717) is 23.7 Å². The molecule has 1 unspecified atom stereocenters. The molecule has 1 aromatic heterocycles. The van der Waals surface area contributed by atoms with Gasteiger partial charge in [-0.05, 0) is 24.6 Å². The van der Waals surface area contributed by atoms with Crippen LogP contribution in [0, 0.1) is 0 Å². The minimum absolute atomic E-state index is 0.0614. The van der Waals surface area contributed by atoms with Crippen LogP contribution in [0.1, 0.15) is 24.3 Å². The Morgan fingerprint density at radius 1 is 1.00 bits per heavy atom. The molecule has 5 nitrogen and oxygen atoms in total. The molecule has 0 amide bonds. The average Bonchev–Trinajstić information content (AvgIpc) is 3.07. The van der Waals surface area contributed by atoms with E-state index in [0.717, 1.165) is 5.56 Å². The van der Waals surface area contributed by atoms with E-state index >= 15 is 0 Å². The number of hydrogen-bond donors (Lipinski definition) is 2. The van der Waals surface area contributed by atoms with Crippen molar-refractivity contribution in [2.75, 3.05) is 10.6 Å². The minimum atomic E-state index is -0.491. The lowest BCUT2D eigenvalue weighted by Crippen LogP contribution is -2.37. The molecule has 0 saturated carbocycles. The van der Waals surface area contributed by atoms with Gasteiger partial charge in [0.05, 0.1) is 12.8 Å². The maximum absolute atomic E-state index is 11.8. The van der Waals surface area contributed by atoms with E-state index in [2.05, 4.69) is 10.6 Å². The first-order valence-corrected chi connectivity index (χ1v) is 7.08. The van der Waals surface area contributed by atoms with Crippen LogP contribution in [-0.2, 0) is 6.54 Å². The molecule has 2 aromatic carbocycles. The highest BCUT2D eigenvalue weighted by atomic mass is 16.3. The summed E-state index contributed by atoms with van der Waals surface area (Å²) in [6.07, 6.45) is 1.57. The zero-order valence-corrected chi connectivity index (χ0v) is 12.1. The molecule has 0 fully saturated rings. The Kier molecular flexibility index (Phi) is 3.78. The fraction of sp³-hybridized carbons (Fsp3) is 0.176. The molecule has 5 heteroatoms. The lowest BCUT2D eigenvalue weighted by atomic mass is 10.1. The van der Waals surface area contributed by atoms with Gasteiger partial charge in [-0.25, -0.2) is 0 Å². The zero-order valence-electron chi connectivity index (χ0n) is 12.1. The van der Waals surface area contributed by atoms with E-state index in [4.69, 9.17) is 4.42 Å². The number of nitrogens with one attached hydrogen (secondary N) is 2. The summed E-state index contributed by atoms with van der Waals surface area (Å²) < 4.78 is 5.20. The van der Waals surface area contributed by atoms with Crippen LogP contribution in [0.3, 0.4) is 0 Å². The Balaban J connectivity index is 1.73. The molecule has 0 saturated heterocycles. The fourth-order valence-corrected chi connectivity index (χ4v) is 2.33. The molecular weight excluding hydrogens is 280 g/mol. The van der Waals surface area contributed by atoms with Crippen LogP contribution in [0.4, 0.5) is 11.4 Å². The third-order valence-corrected chi connectivity index (χ3v) is 3.59. The van der Waals surface area contributed by atoms with Gasteiger partial charge in [-0.2, -0.15) is 0 Å². The van der Waals surface area contributed by atoms with Crippen molar-refractivity contribution >= 4 is 11.4 Å². The molecule has 3 aromatic rings. The van der Waals surface area contributed by atoms with Crippen LogP contribution >= 0.6 is 0 Å². The Hall–Kier alpha value is -2.82. The summed E-state index contributed by atoms with van der Waals surface area (Å²) in [5.74, 6) is 0.704. The summed E-state index contributed by atoms with van der Waals surface area (Å²) in [6, 6.07) is 13.3. The molecule has 1 atom stereocenters. The summed E-state index contributed by atoms with van der Waals surface area (Å²) in [7, 11) is 0. The number of hydrogen-bond acceptors (Lipinski definition) is 5. The summed E-state index contributed by atoms with van der Waals surface area (Å²) in [5, 5.41) is 6.07. The van der Waals surface area contributed by atoms with Gasteiger partial charge < -0.3 is 15.1 Å². The number of benzene rings is 1. The topological polar surface area (TPSA) is 71.3 Å². The zero-order chi connectivity index (χ0) is 15.5. The van der Waals surface area contributed by atoms with Crippen LogP contribution in [0.2, 0.25) is 0 Å². The van der Waals surface area contributed by atoms with Crippen LogP contribution in [-0.4, -0.2) is 0 Å². The summed E-state index contributed by atoms with van der Waals surface area (Å²) in [5.41, 5.74) is 0.740. The fourth-order valence-electron chi connectivity index (χ4n) is 2.33. The van der Waals surface area contributed by atoms with Crippen molar-refractivity contribution in [2.24, 2.45) is 0 Å². The van der Waals surface area contributed by atoms with Gasteiger partial charge in [-0.15, -0.1) is 0 Å².